The Hall–Kier alpha value is -2.70. The van der Waals surface area contributed by atoms with Crippen LogP contribution in [0.2, 0.25) is 0 Å². The fraction of sp³-hybridized carbons (Fsp3) is 0.500. The maximum Gasteiger partial charge on any atom is 0.306 e. The number of nitrogens with zero attached hydrogens (tertiary/aromatic N) is 2. The number of hydrogen-bond acceptors (Lipinski definition) is 5. The van der Waals surface area contributed by atoms with Crippen LogP contribution < -0.4 is 5.32 Å². The third kappa shape index (κ3) is 7.21. The minimum Gasteiger partial charge on any atom is -0.456 e. The summed E-state index contributed by atoms with van der Waals surface area (Å²) >= 11 is 0. The van der Waals surface area contributed by atoms with Gasteiger partial charge in [0.25, 0.3) is 5.91 Å². The molecule has 0 saturated carbocycles. The van der Waals surface area contributed by atoms with E-state index in [9.17, 15) is 14.4 Å². The van der Waals surface area contributed by atoms with Crippen LogP contribution in [0.4, 0.5) is 0 Å². The highest BCUT2D eigenvalue weighted by molar-refractivity contribution is 6.02. The van der Waals surface area contributed by atoms with Gasteiger partial charge in [-0.05, 0) is 12.0 Å². The fourth-order valence-corrected chi connectivity index (χ4v) is 2.68. The van der Waals surface area contributed by atoms with Crippen molar-refractivity contribution in [2.24, 2.45) is 5.10 Å². The van der Waals surface area contributed by atoms with Crippen molar-refractivity contribution in [1.29, 1.82) is 0 Å². The summed E-state index contributed by atoms with van der Waals surface area (Å²) in [7, 11) is 0. The average molecular weight is 373 g/mol. The van der Waals surface area contributed by atoms with Crippen LogP contribution in [0.1, 0.15) is 51.0 Å². The SMILES string of the molecule is CCCCCNC(=O)COC(=O)CCC(=O)N1CCC(c2ccccc2)=N1. The Labute approximate surface area is 159 Å². The van der Waals surface area contributed by atoms with Crippen molar-refractivity contribution in [2.45, 2.75) is 45.4 Å². The Kier molecular flexibility index (Phi) is 8.48. The maximum absolute atomic E-state index is 12.2. The summed E-state index contributed by atoms with van der Waals surface area (Å²) in [5, 5.41) is 8.44. The van der Waals surface area contributed by atoms with Gasteiger partial charge >= 0.3 is 5.97 Å². The highest BCUT2D eigenvalue weighted by Gasteiger charge is 2.22. The zero-order valence-electron chi connectivity index (χ0n) is 15.8. The Balaban J connectivity index is 1.66. The van der Waals surface area contributed by atoms with E-state index in [-0.39, 0.29) is 31.3 Å². The Morgan fingerprint density at radius 2 is 1.93 bits per heavy atom. The van der Waals surface area contributed by atoms with Crippen LogP contribution in [0.3, 0.4) is 0 Å². The van der Waals surface area contributed by atoms with E-state index in [0.29, 0.717) is 19.5 Å². The molecule has 0 aliphatic carbocycles. The second kappa shape index (κ2) is 11.1. The minimum atomic E-state index is -0.557. The molecule has 1 aliphatic rings. The zero-order valence-corrected chi connectivity index (χ0v) is 15.8. The van der Waals surface area contributed by atoms with Crippen molar-refractivity contribution in [3.63, 3.8) is 0 Å². The number of benzene rings is 1. The van der Waals surface area contributed by atoms with Crippen LogP contribution in [-0.2, 0) is 19.1 Å². The van der Waals surface area contributed by atoms with Crippen molar-refractivity contribution in [1.82, 2.24) is 10.3 Å². The third-order valence-electron chi connectivity index (χ3n) is 4.21. The van der Waals surface area contributed by atoms with Crippen molar-refractivity contribution < 1.29 is 19.1 Å². The topological polar surface area (TPSA) is 88.1 Å². The largest absolute Gasteiger partial charge is 0.456 e. The summed E-state index contributed by atoms with van der Waals surface area (Å²) in [5.41, 5.74) is 1.86. The van der Waals surface area contributed by atoms with Gasteiger partial charge in [0.05, 0.1) is 18.7 Å². The average Bonchev–Trinajstić information content (AvgIpc) is 3.19. The molecule has 1 aromatic carbocycles. The monoisotopic (exact) mass is 373 g/mol. The summed E-state index contributed by atoms with van der Waals surface area (Å²) in [6, 6.07) is 9.70. The number of esters is 1. The number of ether oxygens (including phenoxy) is 1. The molecule has 0 atom stereocenters. The minimum absolute atomic E-state index is 0.0164. The summed E-state index contributed by atoms with van der Waals surface area (Å²) in [5.74, 6) is -1.09. The van der Waals surface area contributed by atoms with E-state index < -0.39 is 5.97 Å². The zero-order chi connectivity index (χ0) is 19.5. The smallest absolute Gasteiger partial charge is 0.306 e. The molecule has 0 aromatic heterocycles. The van der Waals surface area contributed by atoms with Crippen molar-refractivity contribution in [3.05, 3.63) is 35.9 Å². The normalized spacial score (nSPS) is 13.2. The molecular weight excluding hydrogens is 346 g/mol. The van der Waals surface area contributed by atoms with E-state index in [1.54, 1.807) is 0 Å². The summed E-state index contributed by atoms with van der Waals surface area (Å²) in [4.78, 5) is 35.5. The third-order valence-corrected chi connectivity index (χ3v) is 4.21. The van der Waals surface area contributed by atoms with Gasteiger partial charge in [0.2, 0.25) is 5.91 Å². The second-order valence-corrected chi connectivity index (χ2v) is 6.40. The molecule has 0 fully saturated rings. The molecule has 1 aliphatic heterocycles. The molecule has 7 nitrogen and oxygen atoms in total. The van der Waals surface area contributed by atoms with Crippen molar-refractivity contribution in [3.8, 4) is 0 Å². The Morgan fingerprint density at radius 1 is 1.15 bits per heavy atom. The molecule has 2 rings (SSSR count). The van der Waals surface area contributed by atoms with E-state index in [4.69, 9.17) is 4.74 Å². The van der Waals surface area contributed by atoms with Crippen LogP contribution in [0.5, 0.6) is 0 Å². The highest BCUT2D eigenvalue weighted by atomic mass is 16.5. The van der Waals surface area contributed by atoms with Crippen LogP contribution >= 0.6 is 0 Å². The van der Waals surface area contributed by atoms with Crippen LogP contribution in [0, 0.1) is 0 Å². The first-order chi connectivity index (χ1) is 13.1. The number of carbonyl (C=O) groups is 3. The van der Waals surface area contributed by atoms with Crippen LogP contribution in [-0.4, -0.2) is 48.2 Å². The number of unbranched alkanes of at least 4 members (excludes halogenated alkanes) is 2. The first-order valence-electron chi connectivity index (χ1n) is 9.45. The quantitative estimate of drug-likeness (QED) is 0.503. The lowest BCUT2D eigenvalue weighted by molar-refractivity contribution is -0.149. The molecule has 27 heavy (non-hydrogen) atoms. The molecule has 7 heteroatoms. The fourth-order valence-electron chi connectivity index (χ4n) is 2.68. The first kappa shape index (κ1) is 20.6. The molecule has 0 bridgehead atoms. The second-order valence-electron chi connectivity index (χ2n) is 6.40. The number of carbonyl (C=O) groups excluding carboxylic acids is 3. The summed E-state index contributed by atoms with van der Waals surface area (Å²) < 4.78 is 4.91. The van der Waals surface area contributed by atoms with E-state index in [1.165, 1.54) is 5.01 Å². The number of rotatable bonds is 10. The molecule has 0 saturated heterocycles. The Morgan fingerprint density at radius 3 is 2.67 bits per heavy atom. The van der Waals surface area contributed by atoms with Crippen LogP contribution in [0.25, 0.3) is 0 Å². The van der Waals surface area contributed by atoms with Crippen molar-refractivity contribution in [2.75, 3.05) is 19.7 Å². The van der Waals surface area contributed by atoms with Gasteiger partial charge in [-0.25, -0.2) is 5.01 Å². The maximum atomic E-state index is 12.2. The molecule has 146 valence electrons. The predicted molar refractivity (Wildman–Crippen MR) is 102 cm³/mol. The van der Waals surface area contributed by atoms with E-state index in [1.807, 2.05) is 30.3 Å². The van der Waals surface area contributed by atoms with Gasteiger partial charge in [0, 0.05) is 19.4 Å². The Bertz CT molecular complexity index is 673. The lowest BCUT2D eigenvalue weighted by atomic mass is 10.1. The summed E-state index contributed by atoms with van der Waals surface area (Å²) in [6.45, 7) is 2.87. The molecule has 1 aromatic rings. The molecule has 0 unspecified atom stereocenters. The lowest BCUT2D eigenvalue weighted by Crippen LogP contribution is -2.30. The predicted octanol–water partition coefficient (Wildman–Crippen LogP) is 2.25. The van der Waals surface area contributed by atoms with Gasteiger partial charge in [-0.2, -0.15) is 5.10 Å². The van der Waals surface area contributed by atoms with Crippen LogP contribution in [0.15, 0.2) is 35.4 Å². The lowest BCUT2D eigenvalue weighted by Gasteiger charge is -2.11. The van der Waals surface area contributed by atoms with Gasteiger partial charge < -0.3 is 10.1 Å². The van der Waals surface area contributed by atoms with Crippen molar-refractivity contribution >= 4 is 23.5 Å². The number of nitrogens with one attached hydrogen (secondary N) is 1. The van der Waals surface area contributed by atoms with Gasteiger partial charge in [0.15, 0.2) is 6.61 Å². The van der Waals surface area contributed by atoms with E-state index in [2.05, 4.69) is 17.3 Å². The molecular formula is C20H27N3O4. The molecule has 1 heterocycles. The van der Waals surface area contributed by atoms with E-state index >= 15 is 0 Å². The standard InChI is InChI=1S/C20H27N3O4/c1-2-3-7-13-21-18(24)15-27-20(26)11-10-19(25)23-14-12-17(22-23)16-8-5-4-6-9-16/h4-6,8-9H,2-3,7,10-15H2,1H3,(H,21,24). The molecule has 1 N–H and O–H groups in total. The van der Waals surface area contributed by atoms with Gasteiger partial charge in [-0.1, -0.05) is 50.1 Å². The molecule has 0 spiro atoms. The number of hydrazone groups is 1. The highest BCUT2D eigenvalue weighted by Crippen LogP contribution is 2.15. The summed E-state index contributed by atoms with van der Waals surface area (Å²) in [6.07, 6.45) is 3.68. The van der Waals surface area contributed by atoms with Gasteiger partial charge in [-0.3, -0.25) is 14.4 Å². The van der Waals surface area contributed by atoms with E-state index in [0.717, 1.165) is 30.5 Å². The van der Waals surface area contributed by atoms with Gasteiger partial charge in [0.1, 0.15) is 0 Å². The number of hydrogen-bond donors (Lipinski definition) is 1. The molecule has 0 radical (unpaired) electrons. The first-order valence-corrected chi connectivity index (χ1v) is 9.45. The van der Waals surface area contributed by atoms with Gasteiger partial charge in [-0.15, -0.1) is 0 Å². The number of amides is 2. The molecule has 2 amide bonds.